The third-order valence-corrected chi connectivity index (χ3v) is 4.17. The van der Waals surface area contributed by atoms with Crippen LogP contribution in [0.25, 0.3) is 0 Å². The highest BCUT2D eigenvalue weighted by Crippen LogP contribution is 2.28. The van der Waals surface area contributed by atoms with Gasteiger partial charge in [0.25, 0.3) is 0 Å². The van der Waals surface area contributed by atoms with Crippen molar-refractivity contribution in [3.63, 3.8) is 0 Å². The van der Waals surface area contributed by atoms with Crippen LogP contribution in [0.4, 0.5) is 5.69 Å². The zero-order valence-corrected chi connectivity index (χ0v) is 14.1. The molecule has 2 rings (SSSR count). The molecule has 20 heavy (non-hydrogen) atoms. The Morgan fingerprint density at radius 3 is 2.60 bits per heavy atom. The van der Waals surface area contributed by atoms with Gasteiger partial charge >= 0.3 is 0 Å². The number of hydrogen-bond donors (Lipinski definition) is 1. The minimum atomic E-state index is 0.278. The molecule has 0 aliphatic rings. The molecular formula is C17H19BrClN. The van der Waals surface area contributed by atoms with Crippen LogP contribution >= 0.6 is 27.5 Å². The number of hydrogen-bond acceptors (Lipinski definition) is 1. The molecule has 0 radical (unpaired) electrons. The molecule has 1 atom stereocenters. The van der Waals surface area contributed by atoms with Gasteiger partial charge in [0.1, 0.15) is 0 Å². The molecule has 1 N–H and O–H groups in total. The largest absolute Gasteiger partial charge is 0.378 e. The molecule has 2 aromatic carbocycles. The van der Waals surface area contributed by atoms with Gasteiger partial charge in [-0.25, -0.2) is 0 Å². The van der Waals surface area contributed by atoms with Crippen molar-refractivity contribution in [1.29, 1.82) is 0 Å². The fourth-order valence-electron chi connectivity index (χ4n) is 2.33. The molecule has 0 heterocycles. The van der Waals surface area contributed by atoms with Crippen LogP contribution in [-0.4, -0.2) is 0 Å². The zero-order chi connectivity index (χ0) is 14.5. The van der Waals surface area contributed by atoms with Crippen LogP contribution in [-0.2, 0) is 6.42 Å². The van der Waals surface area contributed by atoms with Crippen molar-refractivity contribution in [2.75, 3.05) is 5.32 Å². The number of benzene rings is 2. The van der Waals surface area contributed by atoms with Gasteiger partial charge in [-0.3, -0.25) is 0 Å². The van der Waals surface area contributed by atoms with E-state index in [1.165, 1.54) is 16.8 Å². The van der Waals surface area contributed by atoms with E-state index in [4.69, 9.17) is 11.6 Å². The molecule has 3 heteroatoms. The van der Waals surface area contributed by atoms with Gasteiger partial charge in [0.05, 0.1) is 6.04 Å². The number of halogens is 2. The average molecular weight is 353 g/mol. The molecule has 0 aromatic heterocycles. The maximum absolute atomic E-state index is 6.09. The summed E-state index contributed by atoms with van der Waals surface area (Å²) in [4.78, 5) is 0. The van der Waals surface area contributed by atoms with Crippen LogP contribution in [0.3, 0.4) is 0 Å². The first-order chi connectivity index (χ1) is 9.63. The van der Waals surface area contributed by atoms with Crippen molar-refractivity contribution in [2.45, 2.75) is 32.7 Å². The summed E-state index contributed by atoms with van der Waals surface area (Å²) in [6, 6.07) is 14.7. The molecule has 1 nitrogen and oxygen atoms in total. The van der Waals surface area contributed by atoms with Gasteiger partial charge < -0.3 is 5.32 Å². The van der Waals surface area contributed by atoms with Crippen LogP contribution in [0, 0.1) is 0 Å². The molecule has 0 aliphatic heterocycles. The van der Waals surface area contributed by atoms with E-state index >= 15 is 0 Å². The zero-order valence-electron chi connectivity index (χ0n) is 11.8. The van der Waals surface area contributed by atoms with Gasteiger partial charge in [0.2, 0.25) is 0 Å². The Hall–Kier alpha value is -0.990. The summed E-state index contributed by atoms with van der Waals surface area (Å²) in [5, 5.41) is 4.43. The quantitative estimate of drug-likeness (QED) is 0.672. The highest BCUT2D eigenvalue weighted by atomic mass is 79.9. The first-order valence-corrected chi connectivity index (χ1v) is 8.11. The first kappa shape index (κ1) is 15.4. The van der Waals surface area contributed by atoms with E-state index in [0.717, 1.165) is 22.3 Å². The monoisotopic (exact) mass is 351 g/mol. The average Bonchev–Trinajstić information content (AvgIpc) is 2.45. The molecular weight excluding hydrogens is 334 g/mol. The van der Waals surface area contributed by atoms with E-state index in [1.54, 1.807) is 0 Å². The van der Waals surface area contributed by atoms with Gasteiger partial charge in [-0.1, -0.05) is 53.5 Å². The molecule has 0 amide bonds. The van der Waals surface area contributed by atoms with Crippen molar-refractivity contribution in [1.82, 2.24) is 0 Å². The third kappa shape index (κ3) is 3.77. The Morgan fingerprint density at radius 1 is 1.15 bits per heavy atom. The lowest BCUT2D eigenvalue weighted by Crippen LogP contribution is -2.11. The predicted molar refractivity (Wildman–Crippen MR) is 91.6 cm³/mol. The number of rotatable bonds is 5. The Morgan fingerprint density at radius 2 is 1.95 bits per heavy atom. The van der Waals surface area contributed by atoms with E-state index in [1.807, 2.05) is 18.2 Å². The first-order valence-electron chi connectivity index (χ1n) is 6.94. The minimum absolute atomic E-state index is 0.278. The molecule has 0 saturated carbocycles. The predicted octanol–water partition coefficient (Wildman–Crippen LogP) is 6.23. The summed E-state index contributed by atoms with van der Waals surface area (Å²) >= 11 is 9.62. The highest BCUT2D eigenvalue weighted by molar-refractivity contribution is 9.10. The summed E-state index contributed by atoms with van der Waals surface area (Å²) < 4.78 is 1.12. The summed E-state index contributed by atoms with van der Waals surface area (Å²) in [5.74, 6) is 0. The van der Waals surface area contributed by atoms with Gasteiger partial charge in [-0.2, -0.15) is 0 Å². The SMILES string of the molecule is CCc1cc(Br)ccc1NC(CC)c1cccc(Cl)c1. The standard InChI is InChI=1S/C17H19BrClN/c1-3-12-10-14(18)8-9-17(12)20-16(4-2)13-6-5-7-15(19)11-13/h5-11,16,20H,3-4H2,1-2H3. The lowest BCUT2D eigenvalue weighted by molar-refractivity contribution is 0.747. The van der Waals surface area contributed by atoms with Crippen molar-refractivity contribution in [3.05, 3.63) is 63.1 Å². The number of anilines is 1. The lowest BCUT2D eigenvalue weighted by atomic mass is 10.0. The van der Waals surface area contributed by atoms with Crippen LogP contribution in [0.5, 0.6) is 0 Å². The van der Waals surface area contributed by atoms with Crippen molar-refractivity contribution >= 4 is 33.2 Å². The minimum Gasteiger partial charge on any atom is -0.378 e. The van der Waals surface area contributed by atoms with Crippen LogP contribution in [0.2, 0.25) is 5.02 Å². The van der Waals surface area contributed by atoms with E-state index in [2.05, 4.69) is 59.4 Å². The fourth-order valence-corrected chi connectivity index (χ4v) is 2.93. The number of nitrogens with one attached hydrogen (secondary N) is 1. The lowest BCUT2D eigenvalue weighted by Gasteiger charge is -2.21. The Kier molecular flexibility index (Phi) is 5.50. The van der Waals surface area contributed by atoms with Crippen molar-refractivity contribution < 1.29 is 0 Å². The molecule has 0 aliphatic carbocycles. The van der Waals surface area contributed by atoms with Crippen LogP contribution in [0.15, 0.2) is 46.9 Å². The molecule has 106 valence electrons. The Balaban J connectivity index is 2.26. The molecule has 0 spiro atoms. The second-order valence-electron chi connectivity index (χ2n) is 4.82. The van der Waals surface area contributed by atoms with Gasteiger partial charge in [-0.05, 0) is 54.3 Å². The molecule has 0 bridgehead atoms. The van der Waals surface area contributed by atoms with Gasteiger partial charge in [-0.15, -0.1) is 0 Å². The molecule has 0 saturated heterocycles. The topological polar surface area (TPSA) is 12.0 Å². The van der Waals surface area contributed by atoms with Crippen molar-refractivity contribution in [3.8, 4) is 0 Å². The Labute approximate surface area is 134 Å². The number of aryl methyl sites for hydroxylation is 1. The third-order valence-electron chi connectivity index (χ3n) is 3.44. The van der Waals surface area contributed by atoms with Crippen LogP contribution < -0.4 is 5.32 Å². The summed E-state index contributed by atoms with van der Waals surface area (Å²) in [5.41, 5.74) is 3.74. The Bertz CT molecular complexity index is 583. The normalized spacial score (nSPS) is 12.2. The smallest absolute Gasteiger partial charge is 0.0511 e. The van der Waals surface area contributed by atoms with E-state index < -0.39 is 0 Å². The van der Waals surface area contributed by atoms with Gasteiger partial charge in [0, 0.05) is 15.2 Å². The maximum atomic E-state index is 6.09. The highest BCUT2D eigenvalue weighted by Gasteiger charge is 2.11. The van der Waals surface area contributed by atoms with Crippen LogP contribution in [0.1, 0.15) is 37.4 Å². The van der Waals surface area contributed by atoms with Crippen molar-refractivity contribution in [2.24, 2.45) is 0 Å². The van der Waals surface area contributed by atoms with Gasteiger partial charge in [0.15, 0.2) is 0 Å². The molecule has 1 unspecified atom stereocenters. The summed E-state index contributed by atoms with van der Waals surface area (Å²) in [7, 11) is 0. The van der Waals surface area contributed by atoms with E-state index in [-0.39, 0.29) is 6.04 Å². The maximum Gasteiger partial charge on any atom is 0.0511 e. The molecule has 2 aromatic rings. The van der Waals surface area contributed by atoms with E-state index in [0.29, 0.717) is 0 Å². The molecule has 0 fully saturated rings. The fraction of sp³-hybridized carbons (Fsp3) is 0.294. The van der Waals surface area contributed by atoms with E-state index in [9.17, 15) is 0 Å². The second kappa shape index (κ2) is 7.14. The summed E-state index contributed by atoms with van der Waals surface area (Å²) in [6.07, 6.45) is 2.02. The second-order valence-corrected chi connectivity index (χ2v) is 6.17. The summed E-state index contributed by atoms with van der Waals surface area (Å²) in [6.45, 7) is 4.36.